The van der Waals surface area contributed by atoms with E-state index in [0.717, 1.165) is 11.3 Å². The number of carboxylic acids is 1. The first-order chi connectivity index (χ1) is 9.66. The number of hydrogen-bond donors (Lipinski definition) is 2. The molecule has 0 spiro atoms. The van der Waals surface area contributed by atoms with Crippen LogP contribution in [0.5, 0.6) is 0 Å². The molecule has 0 unspecified atom stereocenters. The fourth-order valence-corrected chi connectivity index (χ4v) is 2.86. The van der Waals surface area contributed by atoms with Crippen LogP contribution in [0.15, 0.2) is 12.7 Å². The summed E-state index contributed by atoms with van der Waals surface area (Å²) in [6, 6.07) is 0. The van der Waals surface area contributed by atoms with Gasteiger partial charge in [-0.1, -0.05) is 6.92 Å². The maximum absolute atomic E-state index is 11.5. The van der Waals surface area contributed by atoms with E-state index < -0.39 is 11.4 Å². The maximum atomic E-state index is 11.5. The number of carbonyl (C=O) groups is 1. The Kier molecular flexibility index (Phi) is 3.04. The molecule has 0 amide bonds. The van der Waals surface area contributed by atoms with Crippen molar-refractivity contribution in [2.45, 2.75) is 26.2 Å². The Bertz CT molecular complexity index is 630. The lowest BCUT2D eigenvalue weighted by Gasteiger charge is -2.38. The summed E-state index contributed by atoms with van der Waals surface area (Å²) in [6.07, 6.45) is 5.04. The van der Waals surface area contributed by atoms with Gasteiger partial charge in [-0.15, -0.1) is 0 Å². The highest BCUT2D eigenvalue weighted by Gasteiger charge is 2.40. The zero-order chi connectivity index (χ0) is 14.2. The van der Waals surface area contributed by atoms with Gasteiger partial charge < -0.3 is 15.0 Å². The molecule has 0 atom stereocenters. The number of fused-ring (bicyclic) bond motifs is 1. The summed E-state index contributed by atoms with van der Waals surface area (Å²) in [5.41, 5.74) is 0.865. The maximum Gasteiger partial charge on any atom is 0.309 e. The normalized spacial score (nSPS) is 18.4. The smallest absolute Gasteiger partial charge is 0.309 e. The molecule has 1 aliphatic rings. The van der Waals surface area contributed by atoms with E-state index >= 15 is 0 Å². The first-order valence-corrected chi connectivity index (χ1v) is 6.79. The summed E-state index contributed by atoms with van der Waals surface area (Å²) in [5.74, 6) is 0.122. The Morgan fingerprint density at radius 1 is 1.40 bits per heavy atom. The molecule has 0 aromatic carbocycles. The number of aromatic nitrogens is 4. The SMILES string of the molecule is CCC1(C(=O)O)CCN(c2ncnc3nc[nH]c23)CC1. The largest absolute Gasteiger partial charge is 0.481 e. The van der Waals surface area contributed by atoms with Crippen molar-refractivity contribution in [1.82, 2.24) is 19.9 Å². The molecule has 20 heavy (non-hydrogen) atoms. The minimum Gasteiger partial charge on any atom is -0.481 e. The van der Waals surface area contributed by atoms with E-state index in [9.17, 15) is 9.90 Å². The average molecular weight is 275 g/mol. The van der Waals surface area contributed by atoms with Gasteiger partial charge in [-0.05, 0) is 19.3 Å². The lowest BCUT2D eigenvalue weighted by molar-refractivity contribution is -0.150. The van der Waals surface area contributed by atoms with Gasteiger partial charge in [0.2, 0.25) is 0 Å². The highest BCUT2D eigenvalue weighted by atomic mass is 16.4. The third kappa shape index (κ3) is 1.90. The van der Waals surface area contributed by atoms with Crippen LogP contribution in [0.25, 0.3) is 11.2 Å². The Hall–Kier alpha value is -2.18. The average Bonchev–Trinajstić information content (AvgIpc) is 2.95. The summed E-state index contributed by atoms with van der Waals surface area (Å²) >= 11 is 0. The molecule has 3 heterocycles. The van der Waals surface area contributed by atoms with E-state index in [1.54, 1.807) is 6.33 Å². The standard InChI is InChI=1S/C13H17N5O2/c1-2-13(12(19)20)3-5-18(6-4-13)11-9-10(15-7-14-9)16-8-17-11/h7-8H,2-6H2,1H3,(H,19,20)(H,14,15,16,17). The Balaban J connectivity index is 1.85. The summed E-state index contributed by atoms with van der Waals surface area (Å²) in [4.78, 5) is 29.2. The molecule has 1 fully saturated rings. The summed E-state index contributed by atoms with van der Waals surface area (Å²) in [6.45, 7) is 3.32. The number of nitrogens with one attached hydrogen (secondary N) is 1. The third-order valence-electron chi connectivity index (χ3n) is 4.35. The fraction of sp³-hybridized carbons (Fsp3) is 0.538. The van der Waals surface area contributed by atoms with E-state index in [-0.39, 0.29) is 0 Å². The van der Waals surface area contributed by atoms with Crippen molar-refractivity contribution in [3.8, 4) is 0 Å². The van der Waals surface area contributed by atoms with Crippen LogP contribution in [0, 0.1) is 5.41 Å². The monoisotopic (exact) mass is 275 g/mol. The number of hydrogen-bond acceptors (Lipinski definition) is 5. The summed E-state index contributed by atoms with van der Waals surface area (Å²) in [7, 11) is 0. The van der Waals surface area contributed by atoms with Crippen LogP contribution in [0.3, 0.4) is 0 Å². The second-order valence-electron chi connectivity index (χ2n) is 5.22. The van der Waals surface area contributed by atoms with Crippen molar-refractivity contribution in [1.29, 1.82) is 0 Å². The summed E-state index contributed by atoms with van der Waals surface area (Å²) < 4.78 is 0. The van der Waals surface area contributed by atoms with Crippen molar-refractivity contribution in [3.05, 3.63) is 12.7 Å². The molecule has 1 saturated heterocycles. The number of nitrogens with zero attached hydrogens (tertiary/aromatic N) is 4. The van der Waals surface area contributed by atoms with Gasteiger partial charge in [0.05, 0.1) is 11.7 Å². The van der Waals surface area contributed by atoms with E-state index in [1.807, 2.05) is 6.92 Å². The number of H-pyrrole nitrogens is 1. The van der Waals surface area contributed by atoms with Gasteiger partial charge in [0.15, 0.2) is 11.5 Å². The lowest BCUT2D eigenvalue weighted by atomic mass is 9.76. The number of aliphatic carboxylic acids is 1. The predicted molar refractivity (Wildman–Crippen MR) is 73.5 cm³/mol. The zero-order valence-corrected chi connectivity index (χ0v) is 11.3. The minimum absolute atomic E-state index is 0.587. The molecule has 1 aliphatic heterocycles. The van der Waals surface area contributed by atoms with Gasteiger partial charge in [-0.25, -0.2) is 15.0 Å². The van der Waals surface area contributed by atoms with E-state index in [1.165, 1.54) is 6.33 Å². The van der Waals surface area contributed by atoms with Crippen LogP contribution in [-0.4, -0.2) is 44.1 Å². The molecule has 2 N–H and O–H groups in total. The van der Waals surface area contributed by atoms with Gasteiger partial charge in [0, 0.05) is 13.1 Å². The van der Waals surface area contributed by atoms with Crippen molar-refractivity contribution < 1.29 is 9.90 Å². The molecular formula is C13H17N5O2. The highest BCUT2D eigenvalue weighted by Crippen LogP contribution is 2.37. The number of rotatable bonds is 3. The Labute approximate surface area is 116 Å². The van der Waals surface area contributed by atoms with Crippen molar-refractivity contribution in [2.75, 3.05) is 18.0 Å². The van der Waals surface area contributed by atoms with Crippen LogP contribution in [-0.2, 0) is 4.79 Å². The van der Waals surface area contributed by atoms with E-state index in [2.05, 4.69) is 24.8 Å². The van der Waals surface area contributed by atoms with Crippen LogP contribution in [0.2, 0.25) is 0 Å². The lowest BCUT2D eigenvalue weighted by Crippen LogP contribution is -2.44. The molecule has 2 aromatic rings. The Morgan fingerprint density at radius 2 is 2.15 bits per heavy atom. The van der Waals surface area contributed by atoms with Crippen LogP contribution >= 0.6 is 0 Å². The molecule has 7 heteroatoms. The number of carboxylic acid groups (broad SMARTS) is 1. The second-order valence-corrected chi connectivity index (χ2v) is 5.22. The molecule has 106 valence electrons. The molecule has 0 saturated carbocycles. The first-order valence-electron chi connectivity index (χ1n) is 6.79. The number of imidazole rings is 1. The molecule has 7 nitrogen and oxygen atoms in total. The van der Waals surface area contributed by atoms with Gasteiger partial charge >= 0.3 is 5.97 Å². The highest BCUT2D eigenvalue weighted by molar-refractivity contribution is 5.83. The topological polar surface area (TPSA) is 95.0 Å². The molecule has 3 rings (SSSR count). The number of aromatic amines is 1. The van der Waals surface area contributed by atoms with Crippen LogP contribution in [0.4, 0.5) is 5.82 Å². The molecule has 0 bridgehead atoms. The fourth-order valence-electron chi connectivity index (χ4n) is 2.86. The van der Waals surface area contributed by atoms with Crippen LogP contribution in [0.1, 0.15) is 26.2 Å². The third-order valence-corrected chi connectivity index (χ3v) is 4.35. The number of piperidine rings is 1. The quantitative estimate of drug-likeness (QED) is 0.880. The van der Waals surface area contributed by atoms with Gasteiger partial charge in [-0.3, -0.25) is 4.79 Å². The van der Waals surface area contributed by atoms with Crippen molar-refractivity contribution >= 4 is 23.0 Å². The molecular weight excluding hydrogens is 258 g/mol. The Morgan fingerprint density at radius 3 is 2.80 bits per heavy atom. The summed E-state index contributed by atoms with van der Waals surface area (Å²) in [5, 5.41) is 9.42. The molecule has 2 aromatic heterocycles. The first kappa shape index (κ1) is 12.8. The van der Waals surface area contributed by atoms with Crippen molar-refractivity contribution in [3.63, 3.8) is 0 Å². The zero-order valence-electron chi connectivity index (χ0n) is 11.3. The van der Waals surface area contributed by atoms with Gasteiger partial charge in [-0.2, -0.15) is 0 Å². The minimum atomic E-state index is -0.686. The van der Waals surface area contributed by atoms with Gasteiger partial charge in [0.25, 0.3) is 0 Å². The van der Waals surface area contributed by atoms with E-state index in [0.29, 0.717) is 38.0 Å². The molecule has 0 radical (unpaired) electrons. The van der Waals surface area contributed by atoms with E-state index in [4.69, 9.17) is 0 Å². The number of anilines is 1. The predicted octanol–water partition coefficient (Wildman–Crippen LogP) is 1.43. The van der Waals surface area contributed by atoms with Crippen molar-refractivity contribution in [2.24, 2.45) is 5.41 Å². The molecule has 0 aliphatic carbocycles. The van der Waals surface area contributed by atoms with Gasteiger partial charge in [0.1, 0.15) is 11.8 Å². The second kappa shape index (κ2) is 4.73. The van der Waals surface area contributed by atoms with Crippen LogP contribution < -0.4 is 4.90 Å².